The second-order valence-electron chi connectivity index (χ2n) is 10.5. The Morgan fingerprint density at radius 3 is 2.47 bits per heavy atom. The maximum atomic E-state index is 12.9. The Bertz CT molecular complexity index is 508. The summed E-state index contributed by atoms with van der Waals surface area (Å²) in [5.41, 5.74) is -0.460. The van der Waals surface area contributed by atoms with Crippen molar-refractivity contribution in [3.05, 3.63) is 0 Å². The number of piperidine rings is 1. The second kappa shape index (κ2) is 12.3. The minimum Gasteiger partial charge on any atom is -0.444 e. The average Bonchev–Trinajstić information content (AvgIpc) is 2.67. The summed E-state index contributed by atoms with van der Waals surface area (Å²) in [7, 11) is 0. The Morgan fingerprint density at radius 2 is 1.80 bits per heavy atom. The molecule has 1 heterocycles. The van der Waals surface area contributed by atoms with Gasteiger partial charge in [-0.1, -0.05) is 32.6 Å². The van der Waals surface area contributed by atoms with Gasteiger partial charge in [-0.2, -0.15) is 0 Å². The van der Waals surface area contributed by atoms with E-state index in [1.165, 1.54) is 19.3 Å². The number of hydrogen-bond acceptors (Lipinski definition) is 5. The number of unbranched alkanes of at least 4 members (excludes halogenated alkanes) is 3. The van der Waals surface area contributed by atoms with Crippen LogP contribution in [0.15, 0.2) is 0 Å². The van der Waals surface area contributed by atoms with E-state index >= 15 is 0 Å². The minimum absolute atomic E-state index is 0.101. The van der Waals surface area contributed by atoms with Crippen LogP contribution >= 0.6 is 0 Å². The molecule has 0 bridgehead atoms. The molecule has 0 aromatic rings. The highest BCUT2D eigenvalue weighted by molar-refractivity contribution is 5.68. The van der Waals surface area contributed by atoms with Crippen molar-refractivity contribution in [2.24, 2.45) is 5.92 Å². The Hall–Kier alpha value is -0.850. The lowest BCUT2D eigenvalue weighted by Gasteiger charge is -2.39. The fourth-order valence-electron chi connectivity index (χ4n) is 4.99. The zero-order valence-corrected chi connectivity index (χ0v) is 19.8. The van der Waals surface area contributed by atoms with E-state index in [0.29, 0.717) is 18.4 Å². The number of carbonyl (C=O) groups is 1. The molecule has 0 aromatic heterocycles. The van der Waals surface area contributed by atoms with E-state index in [0.717, 1.165) is 58.2 Å². The first-order valence-electron chi connectivity index (χ1n) is 12.2. The number of hydrogen-bond donors (Lipinski definition) is 2. The number of amides is 1. The van der Waals surface area contributed by atoms with Crippen LogP contribution < -0.4 is 0 Å². The van der Waals surface area contributed by atoms with Crippen LogP contribution in [0, 0.1) is 5.92 Å². The highest BCUT2D eigenvalue weighted by Crippen LogP contribution is 2.29. The lowest BCUT2D eigenvalue weighted by Crippen LogP contribution is -2.47. The molecular formula is C24H46N2O4. The molecule has 2 aliphatic rings. The van der Waals surface area contributed by atoms with E-state index < -0.39 is 5.60 Å². The third-order valence-electron chi connectivity index (χ3n) is 6.71. The van der Waals surface area contributed by atoms with Crippen molar-refractivity contribution in [3.8, 4) is 0 Å². The van der Waals surface area contributed by atoms with Gasteiger partial charge in [-0.25, -0.2) is 4.79 Å². The van der Waals surface area contributed by atoms with Crippen LogP contribution in [0.2, 0.25) is 0 Å². The number of likely N-dealkylation sites (tertiary alicyclic amines) is 1. The highest BCUT2D eigenvalue weighted by atomic mass is 16.6. The molecule has 30 heavy (non-hydrogen) atoms. The molecule has 1 saturated carbocycles. The number of carbonyl (C=O) groups excluding carboxylic acids is 1. The molecule has 0 aromatic carbocycles. The molecular weight excluding hydrogens is 380 g/mol. The number of aliphatic hydroxyl groups excluding tert-OH is 2. The Labute approximate surface area is 184 Å². The third kappa shape index (κ3) is 8.35. The fourth-order valence-corrected chi connectivity index (χ4v) is 4.99. The van der Waals surface area contributed by atoms with E-state index in [9.17, 15) is 15.0 Å². The molecule has 6 heteroatoms. The molecule has 1 aliphatic carbocycles. The van der Waals surface area contributed by atoms with Gasteiger partial charge in [0.15, 0.2) is 0 Å². The van der Waals surface area contributed by atoms with Gasteiger partial charge in [0.2, 0.25) is 0 Å². The van der Waals surface area contributed by atoms with Crippen LogP contribution in [-0.4, -0.2) is 76.1 Å². The normalized spacial score (nSPS) is 28.3. The predicted octanol–water partition coefficient (Wildman–Crippen LogP) is 4.18. The Balaban J connectivity index is 1.76. The van der Waals surface area contributed by atoms with E-state index in [1.54, 1.807) is 0 Å². The number of nitrogens with zero attached hydrogens (tertiary/aromatic N) is 2. The summed E-state index contributed by atoms with van der Waals surface area (Å²) in [6, 6.07) is 0.405. The minimum atomic E-state index is -0.460. The summed E-state index contributed by atoms with van der Waals surface area (Å²) in [5, 5.41) is 19.3. The first-order chi connectivity index (χ1) is 14.2. The van der Waals surface area contributed by atoms with Gasteiger partial charge < -0.3 is 19.8 Å². The predicted molar refractivity (Wildman–Crippen MR) is 121 cm³/mol. The quantitative estimate of drug-likeness (QED) is 0.541. The van der Waals surface area contributed by atoms with Crippen molar-refractivity contribution in [1.82, 2.24) is 9.80 Å². The van der Waals surface area contributed by atoms with E-state index in [-0.39, 0.29) is 24.8 Å². The van der Waals surface area contributed by atoms with E-state index in [4.69, 9.17) is 4.74 Å². The maximum absolute atomic E-state index is 12.9. The van der Waals surface area contributed by atoms with Gasteiger partial charge in [0.25, 0.3) is 0 Å². The van der Waals surface area contributed by atoms with E-state index in [2.05, 4.69) is 11.8 Å². The van der Waals surface area contributed by atoms with Crippen molar-refractivity contribution < 1.29 is 19.7 Å². The van der Waals surface area contributed by atoms with Crippen LogP contribution in [0.4, 0.5) is 4.79 Å². The molecule has 176 valence electrons. The van der Waals surface area contributed by atoms with Crippen molar-refractivity contribution in [3.63, 3.8) is 0 Å². The lowest BCUT2D eigenvalue weighted by atomic mass is 9.85. The van der Waals surface area contributed by atoms with Gasteiger partial charge in [-0.3, -0.25) is 4.90 Å². The van der Waals surface area contributed by atoms with Crippen molar-refractivity contribution >= 4 is 6.09 Å². The van der Waals surface area contributed by atoms with Crippen molar-refractivity contribution in [2.45, 2.75) is 116 Å². The van der Waals surface area contributed by atoms with Gasteiger partial charge in [0.1, 0.15) is 5.60 Å². The standard InChI is InChI=1S/C24H46N2O4/c1-19-11-7-8-12-22(19)26(23(29)30-24(2,3)4)15-10-6-5-9-14-25-16-13-21(28)17-20(25)18-27/h19-22,27-28H,5-18H2,1-4H3. The molecule has 2 fully saturated rings. The summed E-state index contributed by atoms with van der Waals surface area (Å²) in [5.74, 6) is 0.538. The molecule has 0 radical (unpaired) electrons. The third-order valence-corrected chi connectivity index (χ3v) is 6.71. The topological polar surface area (TPSA) is 73.2 Å². The average molecular weight is 427 g/mol. The van der Waals surface area contributed by atoms with Gasteiger partial charge in [0.05, 0.1) is 12.7 Å². The van der Waals surface area contributed by atoms with Crippen molar-refractivity contribution in [1.29, 1.82) is 0 Å². The number of rotatable bonds is 9. The number of aliphatic hydroxyl groups is 2. The van der Waals surface area contributed by atoms with Crippen LogP contribution in [0.5, 0.6) is 0 Å². The highest BCUT2D eigenvalue weighted by Gasteiger charge is 2.33. The fraction of sp³-hybridized carbons (Fsp3) is 0.958. The van der Waals surface area contributed by atoms with Crippen LogP contribution in [-0.2, 0) is 4.74 Å². The maximum Gasteiger partial charge on any atom is 0.410 e. The summed E-state index contributed by atoms with van der Waals surface area (Å²) < 4.78 is 5.73. The molecule has 2 N–H and O–H groups in total. The monoisotopic (exact) mass is 426 g/mol. The zero-order valence-electron chi connectivity index (χ0n) is 19.8. The molecule has 2 rings (SSSR count). The van der Waals surface area contributed by atoms with Crippen LogP contribution in [0.3, 0.4) is 0 Å². The molecule has 1 aliphatic heterocycles. The van der Waals surface area contributed by atoms with E-state index in [1.807, 2.05) is 25.7 Å². The first kappa shape index (κ1) is 25.4. The number of ether oxygens (including phenoxy) is 1. The largest absolute Gasteiger partial charge is 0.444 e. The zero-order chi connectivity index (χ0) is 22.1. The molecule has 0 spiro atoms. The van der Waals surface area contributed by atoms with Gasteiger partial charge in [-0.05, 0) is 71.8 Å². The lowest BCUT2D eigenvalue weighted by molar-refractivity contribution is 0.00463. The summed E-state index contributed by atoms with van der Waals surface area (Å²) in [6.45, 7) is 10.8. The molecule has 1 saturated heterocycles. The SMILES string of the molecule is CC1CCCCC1N(CCCCCCN1CCC(O)CC1CO)C(=O)OC(C)(C)C. The molecule has 1 amide bonds. The second-order valence-corrected chi connectivity index (χ2v) is 10.5. The molecule has 4 atom stereocenters. The smallest absolute Gasteiger partial charge is 0.410 e. The van der Waals surface area contributed by atoms with Crippen LogP contribution in [0.25, 0.3) is 0 Å². The van der Waals surface area contributed by atoms with Gasteiger partial charge in [0, 0.05) is 25.2 Å². The van der Waals surface area contributed by atoms with Crippen LogP contribution in [0.1, 0.15) is 91.9 Å². The Kier molecular flexibility index (Phi) is 10.4. The summed E-state index contributed by atoms with van der Waals surface area (Å²) in [4.78, 5) is 17.2. The summed E-state index contributed by atoms with van der Waals surface area (Å²) in [6.07, 6.45) is 10.1. The molecule has 6 nitrogen and oxygen atoms in total. The Morgan fingerprint density at radius 1 is 1.10 bits per heavy atom. The first-order valence-corrected chi connectivity index (χ1v) is 12.2. The molecule has 4 unspecified atom stereocenters. The van der Waals surface area contributed by atoms with Crippen molar-refractivity contribution in [2.75, 3.05) is 26.2 Å². The van der Waals surface area contributed by atoms with Gasteiger partial charge in [-0.15, -0.1) is 0 Å². The summed E-state index contributed by atoms with van der Waals surface area (Å²) >= 11 is 0. The van der Waals surface area contributed by atoms with Gasteiger partial charge >= 0.3 is 6.09 Å².